The lowest BCUT2D eigenvalue weighted by atomic mass is 10.2. The standard InChI is InChI=1S/C14H22N.C9H14N.C2H6/c1-5-10-15(11-12(3)4)14-9-7-8-13(14)6-2;1-9(2)8-10-6-4-3-5-7-10;1-2/h5-6,10,12H,1-2,7-9,11H2,3-4H3;3-7,9H,8H2,1-2H3;1-2H3/q2*+1;. The van der Waals surface area contributed by atoms with Crippen LogP contribution < -0.4 is 4.57 Å². The Morgan fingerprint density at radius 3 is 2.11 bits per heavy atom. The molecule has 27 heavy (non-hydrogen) atoms. The molecule has 0 amide bonds. The van der Waals surface area contributed by atoms with Crippen LogP contribution >= 0.6 is 0 Å². The Balaban J connectivity index is 0.000000488. The summed E-state index contributed by atoms with van der Waals surface area (Å²) >= 11 is 0. The van der Waals surface area contributed by atoms with Crippen LogP contribution in [0, 0.1) is 11.8 Å². The molecule has 2 rings (SSSR count). The van der Waals surface area contributed by atoms with Crippen molar-refractivity contribution in [1.29, 1.82) is 0 Å². The molecule has 0 aromatic carbocycles. The molecule has 0 atom stereocenters. The Kier molecular flexibility index (Phi) is 14.0. The van der Waals surface area contributed by atoms with Gasteiger partial charge in [-0.15, -0.1) is 0 Å². The van der Waals surface area contributed by atoms with Crippen molar-refractivity contribution >= 4 is 6.21 Å². The summed E-state index contributed by atoms with van der Waals surface area (Å²) in [4.78, 5) is 0. The van der Waals surface area contributed by atoms with Crippen molar-refractivity contribution < 1.29 is 9.14 Å². The van der Waals surface area contributed by atoms with E-state index in [1.807, 2.05) is 32.1 Å². The summed E-state index contributed by atoms with van der Waals surface area (Å²) in [6, 6.07) is 6.15. The minimum absolute atomic E-state index is 0.667. The van der Waals surface area contributed by atoms with E-state index in [0.717, 1.165) is 19.0 Å². The van der Waals surface area contributed by atoms with Crippen molar-refractivity contribution in [3.05, 3.63) is 67.2 Å². The summed E-state index contributed by atoms with van der Waals surface area (Å²) in [5, 5.41) is 0. The number of nitrogens with zero attached hydrogens (tertiary/aromatic N) is 2. The third kappa shape index (κ3) is 10.7. The first-order valence-corrected chi connectivity index (χ1v) is 10.5. The van der Waals surface area contributed by atoms with Crippen LogP contribution in [0.15, 0.2) is 67.2 Å². The van der Waals surface area contributed by atoms with Crippen molar-refractivity contribution in [2.45, 2.75) is 67.3 Å². The number of hydrogen-bond acceptors (Lipinski definition) is 0. The largest absolute Gasteiger partial charge is 0.205 e. The van der Waals surface area contributed by atoms with E-state index in [4.69, 9.17) is 0 Å². The van der Waals surface area contributed by atoms with Gasteiger partial charge >= 0.3 is 0 Å². The summed E-state index contributed by atoms with van der Waals surface area (Å²) < 4.78 is 4.53. The molecule has 0 spiro atoms. The summed E-state index contributed by atoms with van der Waals surface area (Å²) in [6.45, 7) is 22.8. The van der Waals surface area contributed by atoms with Crippen molar-refractivity contribution in [1.82, 2.24) is 0 Å². The van der Waals surface area contributed by atoms with Crippen molar-refractivity contribution in [3.8, 4) is 0 Å². The van der Waals surface area contributed by atoms with Crippen LogP contribution in [0.25, 0.3) is 0 Å². The van der Waals surface area contributed by atoms with Crippen molar-refractivity contribution in [2.24, 2.45) is 11.8 Å². The van der Waals surface area contributed by atoms with Gasteiger partial charge < -0.3 is 0 Å². The molecule has 1 heterocycles. The summed E-state index contributed by atoms with van der Waals surface area (Å²) in [7, 11) is 0. The molecule has 1 aliphatic rings. The SMILES string of the molecule is C=CC=[N+](CC(C)C)C1=C(C=C)CCC1.CC.CC(C)C[n+]1ccccc1. The van der Waals surface area contributed by atoms with Crippen LogP contribution in [0.5, 0.6) is 0 Å². The molecule has 1 aromatic rings. The predicted molar refractivity (Wildman–Crippen MR) is 120 cm³/mol. The van der Waals surface area contributed by atoms with Crippen molar-refractivity contribution in [3.63, 3.8) is 0 Å². The molecular weight excluding hydrogens is 328 g/mol. The van der Waals surface area contributed by atoms with Crippen LogP contribution in [0.1, 0.15) is 60.8 Å². The van der Waals surface area contributed by atoms with E-state index in [1.54, 1.807) is 0 Å². The van der Waals surface area contributed by atoms with Gasteiger partial charge in [0.1, 0.15) is 0 Å². The predicted octanol–water partition coefficient (Wildman–Crippen LogP) is 6.19. The second-order valence-electron chi connectivity index (χ2n) is 7.43. The normalized spacial score (nSPS) is 13.7. The number of hydrogen-bond donors (Lipinski definition) is 0. The molecule has 0 saturated heterocycles. The molecule has 1 aliphatic carbocycles. The Labute approximate surface area is 168 Å². The fourth-order valence-corrected chi connectivity index (χ4v) is 3.06. The fourth-order valence-electron chi connectivity index (χ4n) is 3.06. The first kappa shape index (κ1) is 25.0. The average Bonchev–Trinajstić information content (AvgIpc) is 3.12. The van der Waals surface area contributed by atoms with Gasteiger partial charge in [0.2, 0.25) is 0 Å². The fraction of sp³-hybridized carbons (Fsp3) is 0.520. The maximum atomic E-state index is 3.89. The van der Waals surface area contributed by atoms with Gasteiger partial charge in [-0.3, -0.25) is 0 Å². The maximum Gasteiger partial charge on any atom is 0.184 e. The van der Waals surface area contributed by atoms with Gasteiger partial charge in [-0.25, -0.2) is 9.14 Å². The molecule has 0 radical (unpaired) electrons. The lowest BCUT2D eigenvalue weighted by Gasteiger charge is -2.06. The monoisotopic (exact) mass is 370 g/mol. The zero-order valence-corrected chi connectivity index (χ0v) is 18.6. The molecule has 0 fully saturated rings. The van der Waals surface area contributed by atoms with Gasteiger partial charge in [0, 0.05) is 36.0 Å². The van der Waals surface area contributed by atoms with Crippen LogP contribution in [-0.4, -0.2) is 17.3 Å². The van der Waals surface area contributed by atoms with E-state index in [9.17, 15) is 0 Å². The van der Waals surface area contributed by atoms with E-state index in [2.05, 4.69) is 80.7 Å². The third-order valence-electron chi connectivity index (χ3n) is 4.02. The topological polar surface area (TPSA) is 6.89 Å². The summed E-state index contributed by atoms with van der Waals surface area (Å²) in [5.74, 6) is 1.40. The number of rotatable bonds is 7. The van der Waals surface area contributed by atoms with Crippen LogP contribution in [0.3, 0.4) is 0 Å². The minimum Gasteiger partial charge on any atom is -0.205 e. The molecule has 0 N–H and O–H groups in total. The lowest BCUT2D eigenvalue weighted by molar-refractivity contribution is -0.702. The zero-order chi connectivity index (χ0) is 20.7. The average molecular weight is 371 g/mol. The van der Waals surface area contributed by atoms with Gasteiger partial charge in [-0.05, 0) is 18.9 Å². The Hall–Kier alpha value is -1.96. The maximum absolute atomic E-state index is 3.89. The van der Waals surface area contributed by atoms with Gasteiger partial charge in [0.05, 0.1) is 0 Å². The van der Waals surface area contributed by atoms with Crippen molar-refractivity contribution in [2.75, 3.05) is 6.54 Å². The van der Waals surface area contributed by atoms with E-state index < -0.39 is 0 Å². The van der Waals surface area contributed by atoms with Crippen LogP contribution in [0.4, 0.5) is 0 Å². The summed E-state index contributed by atoms with van der Waals surface area (Å²) in [5.41, 5.74) is 2.85. The third-order valence-corrected chi connectivity index (χ3v) is 4.02. The quantitative estimate of drug-likeness (QED) is 0.399. The highest BCUT2D eigenvalue weighted by molar-refractivity contribution is 5.65. The Morgan fingerprint density at radius 1 is 1.00 bits per heavy atom. The number of aromatic nitrogens is 1. The van der Waals surface area contributed by atoms with Crippen LogP contribution in [0.2, 0.25) is 0 Å². The highest BCUT2D eigenvalue weighted by atomic mass is 15.0. The van der Waals surface area contributed by atoms with Gasteiger partial charge in [-0.2, -0.15) is 0 Å². The molecule has 0 aliphatic heterocycles. The molecule has 1 aromatic heterocycles. The van der Waals surface area contributed by atoms with E-state index >= 15 is 0 Å². The first-order chi connectivity index (χ1) is 13.0. The Morgan fingerprint density at radius 2 is 1.63 bits per heavy atom. The molecule has 0 saturated carbocycles. The van der Waals surface area contributed by atoms with E-state index in [0.29, 0.717) is 5.92 Å². The first-order valence-electron chi connectivity index (χ1n) is 10.5. The molecule has 2 heteroatoms. The summed E-state index contributed by atoms with van der Waals surface area (Å²) in [6.07, 6.45) is 13.8. The minimum atomic E-state index is 0.667. The highest BCUT2D eigenvalue weighted by Gasteiger charge is 2.22. The second kappa shape index (κ2) is 15.1. The highest BCUT2D eigenvalue weighted by Crippen LogP contribution is 2.27. The van der Waals surface area contributed by atoms with Crippen LogP contribution in [-0.2, 0) is 6.54 Å². The smallest absolute Gasteiger partial charge is 0.184 e. The molecule has 0 unspecified atom stereocenters. The van der Waals surface area contributed by atoms with E-state index in [-0.39, 0.29) is 0 Å². The molecular formula is C25H42N2+2. The van der Waals surface area contributed by atoms with Gasteiger partial charge in [0.15, 0.2) is 37.4 Å². The molecule has 0 bridgehead atoms. The van der Waals surface area contributed by atoms with E-state index in [1.165, 1.54) is 30.5 Å². The second-order valence-corrected chi connectivity index (χ2v) is 7.43. The number of pyridine rings is 1. The molecule has 150 valence electrons. The zero-order valence-electron chi connectivity index (χ0n) is 18.6. The number of allylic oxidation sites excluding steroid dienone is 4. The van der Waals surface area contributed by atoms with Gasteiger partial charge in [-0.1, -0.05) is 66.8 Å². The lowest BCUT2D eigenvalue weighted by Crippen LogP contribution is -2.34. The van der Waals surface area contributed by atoms with Gasteiger partial charge in [0.25, 0.3) is 0 Å². The molecule has 2 nitrogen and oxygen atoms in total. The Bertz CT molecular complexity index is 592.